The van der Waals surface area contributed by atoms with Gasteiger partial charge in [-0.25, -0.2) is 4.79 Å². The number of urea groups is 1. The first kappa shape index (κ1) is 30.7. The Hall–Kier alpha value is -3.92. The van der Waals surface area contributed by atoms with Crippen LogP contribution in [0.5, 0.6) is 0 Å². The molecule has 2 aromatic carbocycles. The van der Waals surface area contributed by atoms with Crippen LogP contribution in [0.3, 0.4) is 0 Å². The summed E-state index contributed by atoms with van der Waals surface area (Å²) in [5.74, 6) is -0.281. The standard InChI is InChI=1S/C36H47N7O3/c1-25-19-26(21-29-24-38-39-34(25)29)20-28(35(45)42-17-9-30(10-18-42)40-13-5-2-6-14-40)22-33(44)41-15-11-31(12-16-41)43-32-8-4-3-7-27(32)23-37-36(43)46/h3-4,7-8,19,21,24,28,30-31H,2,5-6,9-18,20,22-23H2,1H3,(H,37,46)(H,38,39). The van der Waals surface area contributed by atoms with E-state index < -0.39 is 5.92 Å². The summed E-state index contributed by atoms with van der Waals surface area (Å²) in [6, 6.07) is 12.8. The molecule has 5 heterocycles. The van der Waals surface area contributed by atoms with Crippen LogP contribution in [0.1, 0.15) is 68.1 Å². The smallest absolute Gasteiger partial charge is 0.322 e. The third kappa shape index (κ3) is 6.36. The number of hydrogen-bond donors (Lipinski definition) is 2. The van der Waals surface area contributed by atoms with Crippen LogP contribution < -0.4 is 10.2 Å². The summed E-state index contributed by atoms with van der Waals surface area (Å²) >= 11 is 0. The van der Waals surface area contributed by atoms with Crippen molar-refractivity contribution < 1.29 is 14.4 Å². The van der Waals surface area contributed by atoms with Crippen molar-refractivity contribution in [3.8, 4) is 0 Å². The summed E-state index contributed by atoms with van der Waals surface area (Å²) in [4.78, 5) is 49.4. The number of carbonyl (C=O) groups excluding carboxylic acids is 3. The number of rotatable bonds is 7. The Balaban J connectivity index is 1.03. The Bertz CT molecular complexity index is 1560. The zero-order valence-electron chi connectivity index (χ0n) is 27.0. The number of nitrogens with zero attached hydrogens (tertiary/aromatic N) is 5. The zero-order chi connectivity index (χ0) is 31.6. The maximum atomic E-state index is 14.2. The predicted octanol–water partition coefficient (Wildman–Crippen LogP) is 4.62. The zero-order valence-corrected chi connectivity index (χ0v) is 27.0. The maximum absolute atomic E-state index is 14.2. The third-order valence-electron chi connectivity index (χ3n) is 10.8. The minimum Gasteiger partial charge on any atom is -0.343 e. The summed E-state index contributed by atoms with van der Waals surface area (Å²) in [7, 11) is 0. The highest BCUT2D eigenvalue weighted by atomic mass is 16.2. The molecule has 0 aliphatic carbocycles. The fourth-order valence-corrected chi connectivity index (χ4v) is 8.29. The number of carbonyl (C=O) groups is 3. The topological polar surface area (TPSA) is 105 Å². The highest BCUT2D eigenvalue weighted by Crippen LogP contribution is 2.31. The molecule has 1 aromatic heterocycles. The van der Waals surface area contributed by atoms with E-state index in [2.05, 4.69) is 45.5 Å². The highest BCUT2D eigenvalue weighted by Gasteiger charge is 2.36. The minimum absolute atomic E-state index is 0.0320. The van der Waals surface area contributed by atoms with Crippen LogP contribution in [0.4, 0.5) is 10.5 Å². The van der Waals surface area contributed by atoms with E-state index in [-0.39, 0.29) is 30.3 Å². The number of fused-ring (bicyclic) bond motifs is 2. The first-order valence-electron chi connectivity index (χ1n) is 17.3. The molecule has 3 aromatic rings. The molecule has 2 N–H and O–H groups in total. The van der Waals surface area contributed by atoms with Gasteiger partial charge < -0.3 is 20.0 Å². The molecule has 0 spiro atoms. The van der Waals surface area contributed by atoms with Crippen LogP contribution in [-0.4, -0.2) is 94.1 Å². The van der Waals surface area contributed by atoms with Crippen molar-refractivity contribution >= 4 is 34.4 Å². The van der Waals surface area contributed by atoms with Crippen LogP contribution in [0.2, 0.25) is 0 Å². The molecule has 3 fully saturated rings. The molecule has 10 nitrogen and oxygen atoms in total. The van der Waals surface area contributed by atoms with E-state index in [9.17, 15) is 14.4 Å². The Kier molecular flexibility index (Phi) is 8.97. The number of aromatic nitrogens is 2. The van der Waals surface area contributed by atoms with Crippen molar-refractivity contribution in [2.24, 2.45) is 5.92 Å². The molecule has 0 bridgehead atoms. The van der Waals surface area contributed by atoms with E-state index in [1.54, 1.807) is 0 Å². The van der Waals surface area contributed by atoms with Gasteiger partial charge >= 0.3 is 6.03 Å². The average Bonchev–Trinajstić information content (AvgIpc) is 3.58. The number of benzene rings is 2. The van der Waals surface area contributed by atoms with Gasteiger partial charge in [0.2, 0.25) is 11.8 Å². The highest BCUT2D eigenvalue weighted by molar-refractivity contribution is 5.95. The van der Waals surface area contributed by atoms with Gasteiger partial charge in [-0.3, -0.25) is 19.6 Å². The number of aryl methyl sites for hydroxylation is 1. The van der Waals surface area contributed by atoms with E-state index in [1.165, 1.54) is 32.4 Å². The van der Waals surface area contributed by atoms with Crippen LogP contribution in [0, 0.1) is 12.8 Å². The van der Waals surface area contributed by atoms with E-state index in [1.807, 2.05) is 39.1 Å². The lowest BCUT2D eigenvalue weighted by Crippen LogP contribution is -2.54. The molecule has 46 heavy (non-hydrogen) atoms. The molecule has 10 heteroatoms. The molecule has 244 valence electrons. The lowest BCUT2D eigenvalue weighted by molar-refractivity contribution is -0.142. The Morgan fingerprint density at radius 2 is 1.63 bits per heavy atom. The van der Waals surface area contributed by atoms with E-state index in [0.717, 1.165) is 59.2 Å². The van der Waals surface area contributed by atoms with E-state index in [4.69, 9.17) is 0 Å². The van der Waals surface area contributed by atoms with Crippen molar-refractivity contribution in [1.82, 2.24) is 30.2 Å². The summed E-state index contributed by atoms with van der Waals surface area (Å²) in [5, 5.41) is 11.3. The molecule has 0 saturated carbocycles. The van der Waals surface area contributed by atoms with Gasteiger partial charge in [-0.1, -0.05) is 30.7 Å². The van der Waals surface area contributed by atoms with Crippen LogP contribution in [0.15, 0.2) is 42.6 Å². The Labute approximate surface area is 271 Å². The SMILES string of the molecule is Cc1cc(CC(CC(=O)N2CCC(N3C(=O)NCc4ccccc43)CC2)C(=O)N2CCC(N3CCCCC3)CC2)cc2cn[nH]c12. The summed E-state index contributed by atoms with van der Waals surface area (Å²) in [5.41, 5.74) is 5.25. The lowest BCUT2D eigenvalue weighted by atomic mass is 9.90. The van der Waals surface area contributed by atoms with E-state index in [0.29, 0.717) is 44.9 Å². The summed E-state index contributed by atoms with van der Waals surface area (Å²) in [6.07, 6.45) is 9.88. The largest absolute Gasteiger partial charge is 0.343 e. The second-order valence-corrected chi connectivity index (χ2v) is 13.8. The van der Waals surface area contributed by atoms with Gasteiger partial charge in [-0.15, -0.1) is 0 Å². The van der Waals surface area contributed by atoms with E-state index >= 15 is 0 Å². The molecule has 0 radical (unpaired) electrons. The minimum atomic E-state index is -0.416. The second-order valence-electron chi connectivity index (χ2n) is 13.8. The molecule has 3 saturated heterocycles. The quantitative estimate of drug-likeness (QED) is 0.399. The number of nitrogens with one attached hydrogen (secondary N) is 2. The van der Waals surface area contributed by atoms with Crippen molar-refractivity contribution in [3.63, 3.8) is 0 Å². The number of piperidine rings is 3. The van der Waals surface area contributed by atoms with Gasteiger partial charge in [0.05, 0.1) is 23.3 Å². The van der Waals surface area contributed by atoms with Crippen molar-refractivity contribution in [1.29, 1.82) is 0 Å². The number of H-pyrrole nitrogens is 1. The van der Waals surface area contributed by atoms with Crippen molar-refractivity contribution in [2.45, 2.75) is 83.3 Å². The average molecular weight is 626 g/mol. The van der Waals surface area contributed by atoms with Gasteiger partial charge in [-0.2, -0.15) is 5.10 Å². The molecular formula is C36H47N7O3. The molecule has 1 atom stereocenters. The van der Waals surface area contributed by atoms with Gasteiger partial charge in [0.25, 0.3) is 0 Å². The number of hydrogen-bond acceptors (Lipinski definition) is 5. The van der Waals surface area contributed by atoms with Gasteiger partial charge in [-0.05, 0) is 93.8 Å². The van der Waals surface area contributed by atoms with Crippen LogP contribution >= 0.6 is 0 Å². The summed E-state index contributed by atoms with van der Waals surface area (Å²) < 4.78 is 0. The number of anilines is 1. The molecular weight excluding hydrogens is 578 g/mol. The first-order chi connectivity index (χ1) is 22.4. The van der Waals surface area contributed by atoms with Gasteiger partial charge in [0, 0.05) is 56.6 Å². The van der Waals surface area contributed by atoms with Crippen molar-refractivity contribution in [2.75, 3.05) is 44.2 Å². The van der Waals surface area contributed by atoms with Crippen molar-refractivity contribution in [3.05, 3.63) is 59.3 Å². The van der Waals surface area contributed by atoms with Crippen LogP contribution in [0.25, 0.3) is 10.9 Å². The maximum Gasteiger partial charge on any atom is 0.322 e. The number of likely N-dealkylation sites (tertiary alicyclic amines) is 3. The lowest BCUT2D eigenvalue weighted by Gasteiger charge is -2.42. The fraction of sp³-hybridized carbons (Fsp3) is 0.556. The fourth-order valence-electron chi connectivity index (χ4n) is 8.29. The monoisotopic (exact) mass is 625 g/mol. The van der Waals surface area contributed by atoms with Crippen LogP contribution in [-0.2, 0) is 22.6 Å². The third-order valence-corrected chi connectivity index (χ3v) is 10.8. The first-order valence-corrected chi connectivity index (χ1v) is 17.3. The number of para-hydroxylation sites is 1. The second kappa shape index (κ2) is 13.4. The van der Waals surface area contributed by atoms with Gasteiger partial charge in [0.1, 0.15) is 0 Å². The molecule has 7 rings (SSSR count). The molecule has 1 unspecified atom stereocenters. The number of amides is 4. The molecule has 4 aliphatic rings. The molecule has 4 amide bonds. The number of aromatic amines is 1. The summed E-state index contributed by atoms with van der Waals surface area (Å²) in [6.45, 7) is 7.64. The van der Waals surface area contributed by atoms with Gasteiger partial charge in [0.15, 0.2) is 0 Å². The Morgan fingerprint density at radius 1 is 0.913 bits per heavy atom. The predicted molar refractivity (Wildman–Crippen MR) is 178 cm³/mol. The normalized spacial score (nSPS) is 20.9. The molecule has 4 aliphatic heterocycles. The Morgan fingerprint density at radius 3 is 2.41 bits per heavy atom.